The number of H-pyrrole nitrogens is 1. The first-order valence-electron chi connectivity index (χ1n) is 12.0. The Morgan fingerprint density at radius 2 is 2.00 bits per heavy atom. The monoisotopic (exact) mass is 492 g/mol. The van der Waals surface area contributed by atoms with E-state index >= 15 is 0 Å². The Morgan fingerprint density at radius 3 is 2.74 bits per heavy atom. The van der Waals surface area contributed by atoms with Crippen molar-refractivity contribution < 1.29 is 4.79 Å². The van der Waals surface area contributed by atoms with Crippen LogP contribution in [0.4, 0.5) is 5.82 Å². The number of piperidine rings is 1. The van der Waals surface area contributed by atoms with Gasteiger partial charge in [-0.05, 0) is 59.0 Å². The van der Waals surface area contributed by atoms with Gasteiger partial charge in [0.2, 0.25) is 5.91 Å². The number of aromatic amines is 1. The van der Waals surface area contributed by atoms with Gasteiger partial charge in [0.15, 0.2) is 0 Å². The number of rotatable bonds is 2. The Balaban J connectivity index is 1.55. The number of carbonyl (C=O) groups is 1. The molecule has 2 aliphatic heterocycles. The standard InChI is InChI=1S/C25H29ClN8O/c1-25(2)12-33(24(35)14-6-9-32(3)10-7-14)11-16-17(18-21(27)29-13-30-23(18)34(16)25)20-19(26)15-5-4-8-28-22(15)31-20/h4-5,8,13-14H,6-7,9-12H2,1-3H3,(H,28,31)(H2,27,29,30). The van der Waals surface area contributed by atoms with Crippen LogP contribution in [-0.2, 0) is 16.9 Å². The fourth-order valence-corrected chi connectivity index (χ4v) is 6.15. The number of carbonyl (C=O) groups excluding carboxylic acids is 1. The van der Waals surface area contributed by atoms with E-state index in [9.17, 15) is 4.79 Å². The molecule has 0 radical (unpaired) electrons. The molecule has 6 rings (SSSR count). The van der Waals surface area contributed by atoms with Crippen LogP contribution in [0.1, 0.15) is 32.4 Å². The molecule has 0 spiro atoms. The van der Waals surface area contributed by atoms with E-state index in [2.05, 4.69) is 50.3 Å². The van der Waals surface area contributed by atoms with E-state index in [4.69, 9.17) is 17.3 Å². The first-order chi connectivity index (χ1) is 16.8. The molecule has 0 aromatic carbocycles. The van der Waals surface area contributed by atoms with E-state index in [1.807, 2.05) is 17.0 Å². The fourth-order valence-electron chi connectivity index (χ4n) is 5.86. The summed E-state index contributed by atoms with van der Waals surface area (Å²) in [5.41, 5.74) is 10.0. The number of likely N-dealkylation sites (tertiary alicyclic amines) is 1. The summed E-state index contributed by atoms with van der Waals surface area (Å²) in [6.07, 6.45) is 5.00. The molecule has 182 valence electrons. The Hall–Kier alpha value is -3.17. The van der Waals surface area contributed by atoms with E-state index in [1.54, 1.807) is 6.20 Å². The van der Waals surface area contributed by atoms with Gasteiger partial charge in [-0.25, -0.2) is 15.0 Å². The number of fused-ring (bicyclic) bond motifs is 4. The smallest absolute Gasteiger partial charge is 0.226 e. The van der Waals surface area contributed by atoms with Gasteiger partial charge >= 0.3 is 0 Å². The number of nitrogen functional groups attached to an aromatic ring is 1. The molecule has 1 saturated heterocycles. The van der Waals surface area contributed by atoms with E-state index in [-0.39, 0.29) is 11.8 Å². The van der Waals surface area contributed by atoms with Crippen molar-refractivity contribution in [1.29, 1.82) is 0 Å². The molecule has 0 aliphatic carbocycles. The molecule has 0 bridgehead atoms. The van der Waals surface area contributed by atoms with E-state index in [0.717, 1.165) is 59.3 Å². The van der Waals surface area contributed by atoms with Gasteiger partial charge in [-0.3, -0.25) is 4.79 Å². The molecular formula is C25H29ClN8O. The third kappa shape index (κ3) is 3.40. The highest BCUT2D eigenvalue weighted by atomic mass is 35.5. The number of nitrogens with zero attached hydrogens (tertiary/aromatic N) is 6. The predicted molar refractivity (Wildman–Crippen MR) is 137 cm³/mol. The highest BCUT2D eigenvalue weighted by Gasteiger charge is 2.41. The Labute approximate surface area is 208 Å². The van der Waals surface area contributed by atoms with Crippen LogP contribution in [0, 0.1) is 5.92 Å². The van der Waals surface area contributed by atoms with Crippen molar-refractivity contribution in [2.24, 2.45) is 5.92 Å². The lowest BCUT2D eigenvalue weighted by molar-refractivity contribution is -0.140. The predicted octanol–water partition coefficient (Wildman–Crippen LogP) is 3.63. The SMILES string of the molecule is CN1CCC(C(=O)N2Cc3c(-c4[nH]c5ncccc5c4Cl)c4c(N)ncnc4n3C(C)(C)C2)CC1. The van der Waals surface area contributed by atoms with Crippen molar-refractivity contribution in [3.63, 3.8) is 0 Å². The van der Waals surface area contributed by atoms with Gasteiger partial charge in [0.1, 0.15) is 23.4 Å². The van der Waals surface area contributed by atoms with Crippen LogP contribution in [0.3, 0.4) is 0 Å². The molecule has 0 atom stereocenters. The van der Waals surface area contributed by atoms with Crippen molar-refractivity contribution in [2.45, 2.75) is 38.8 Å². The summed E-state index contributed by atoms with van der Waals surface area (Å²) in [5.74, 6) is 0.655. The number of nitrogens with two attached hydrogens (primary N) is 1. The molecule has 3 N–H and O–H groups in total. The van der Waals surface area contributed by atoms with Crippen LogP contribution in [-0.4, -0.2) is 66.9 Å². The average molecular weight is 493 g/mol. The lowest BCUT2D eigenvalue weighted by atomic mass is 9.93. The number of anilines is 1. The molecule has 6 heterocycles. The maximum Gasteiger partial charge on any atom is 0.226 e. The molecule has 0 unspecified atom stereocenters. The van der Waals surface area contributed by atoms with Crippen molar-refractivity contribution in [2.75, 3.05) is 32.4 Å². The van der Waals surface area contributed by atoms with Crippen molar-refractivity contribution in [3.8, 4) is 11.3 Å². The van der Waals surface area contributed by atoms with Crippen molar-refractivity contribution in [3.05, 3.63) is 35.4 Å². The minimum Gasteiger partial charge on any atom is -0.383 e. The van der Waals surface area contributed by atoms with Crippen LogP contribution >= 0.6 is 11.6 Å². The molecule has 1 fully saturated rings. The maximum absolute atomic E-state index is 13.7. The number of hydrogen-bond acceptors (Lipinski definition) is 6. The Morgan fingerprint density at radius 1 is 1.23 bits per heavy atom. The van der Waals surface area contributed by atoms with E-state index in [0.29, 0.717) is 29.6 Å². The molecule has 2 aliphatic rings. The zero-order valence-electron chi connectivity index (χ0n) is 20.2. The lowest BCUT2D eigenvalue weighted by Gasteiger charge is -2.42. The molecule has 35 heavy (non-hydrogen) atoms. The molecule has 9 nitrogen and oxygen atoms in total. The normalized spacial score (nSPS) is 18.9. The Kier molecular flexibility index (Phi) is 5.05. The lowest BCUT2D eigenvalue weighted by Crippen LogP contribution is -2.51. The molecule has 1 amide bonds. The van der Waals surface area contributed by atoms with Gasteiger partial charge < -0.3 is 25.1 Å². The van der Waals surface area contributed by atoms with Crippen LogP contribution < -0.4 is 5.73 Å². The fraction of sp³-hybridized carbons (Fsp3) is 0.440. The quantitative estimate of drug-likeness (QED) is 0.442. The number of hydrogen-bond donors (Lipinski definition) is 2. The summed E-state index contributed by atoms with van der Waals surface area (Å²) < 4.78 is 2.21. The first kappa shape index (κ1) is 22.3. The van der Waals surface area contributed by atoms with Gasteiger partial charge in [-0.1, -0.05) is 11.6 Å². The van der Waals surface area contributed by atoms with Gasteiger partial charge in [0.05, 0.1) is 28.2 Å². The molecule has 10 heteroatoms. The minimum absolute atomic E-state index is 0.0482. The second-order valence-electron chi connectivity index (χ2n) is 10.4. The first-order valence-corrected chi connectivity index (χ1v) is 12.4. The number of aromatic nitrogens is 5. The van der Waals surface area contributed by atoms with Crippen LogP contribution in [0.25, 0.3) is 33.3 Å². The van der Waals surface area contributed by atoms with E-state index < -0.39 is 5.54 Å². The van der Waals surface area contributed by atoms with Crippen LogP contribution in [0.5, 0.6) is 0 Å². The second kappa shape index (κ2) is 7.93. The van der Waals surface area contributed by atoms with E-state index in [1.165, 1.54) is 6.33 Å². The van der Waals surface area contributed by atoms with Crippen molar-refractivity contribution in [1.82, 2.24) is 34.3 Å². The number of amides is 1. The van der Waals surface area contributed by atoms with Gasteiger partial charge in [0, 0.05) is 35.3 Å². The zero-order chi connectivity index (χ0) is 24.5. The summed E-state index contributed by atoms with van der Waals surface area (Å²) in [6, 6.07) is 3.80. The number of pyridine rings is 1. The zero-order valence-corrected chi connectivity index (χ0v) is 20.9. The topological polar surface area (TPSA) is 109 Å². The molecule has 0 saturated carbocycles. The highest BCUT2D eigenvalue weighted by molar-refractivity contribution is 6.38. The van der Waals surface area contributed by atoms with Gasteiger partial charge in [-0.2, -0.15) is 0 Å². The van der Waals surface area contributed by atoms with Crippen molar-refractivity contribution >= 4 is 45.4 Å². The van der Waals surface area contributed by atoms with Gasteiger partial charge in [-0.15, -0.1) is 0 Å². The molecule has 4 aromatic heterocycles. The highest BCUT2D eigenvalue weighted by Crippen LogP contribution is 2.46. The summed E-state index contributed by atoms with van der Waals surface area (Å²) in [4.78, 5) is 34.8. The third-order valence-corrected chi connectivity index (χ3v) is 7.93. The van der Waals surface area contributed by atoms with Gasteiger partial charge in [0.25, 0.3) is 0 Å². The average Bonchev–Trinajstić information content (AvgIpc) is 3.35. The number of nitrogens with one attached hydrogen (secondary N) is 1. The van der Waals surface area contributed by atoms with Crippen LogP contribution in [0.2, 0.25) is 5.02 Å². The minimum atomic E-state index is -0.400. The summed E-state index contributed by atoms with van der Waals surface area (Å²) >= 11 is 6.90. The summed E-state index contributed by atoms with van der Waals surface area (Å²) in [5, 5.41) is 2.16. The van der Waals surface area contributed by atoms with Crippen LogP contribution in [0.15, 0.2) is 24.7 Å². The Bertz CT molecular complexity index is 1460. The largest absolute Gasteiger partial charge is 0.383 e. The maximum atomic E-state index is 13.7. The summed E-state index contributed by atoms with van der Waals surface area (Å²) in [7, 11) is 2.11. The summed E-state index contributed by atoms with van der Waals surface area (Å²) in [6.45, 7) is 7.23. The molecular weight excluding hydrogens is 464 g/mol. The second-order valence-corrected chi connectivity index (χ2v) is 10.8. The third-order valence-electron chi connectivity index (χ3n) is 7.54. The number of halogens is 1. The molecule has 4 aromatic rings.